The van der Waals surface area contributed by atoms with Crippen LogP contribution in [0.5, 0.6) is 5.75 Å². The molecular formula is C9H6N2O5. The Morgan fingerprint density at radius 3 is 2.75 bits per heavy atom. The number of furan rings is 1. The molecule has 0 unspecified atom stereocenters. The maximum absolute atomic E-state index is 10.8. The molecule has 3 N–H and O–H groups in total. The summed E-state index contributed by atoms with van der Waals surface area (Å²) in [5.74, 6) is -1.51. The number of phenols is 1. The van der Waals surface area contributed by atoms with Crippen LogP contribution >= 0.6 is 0 Å². The van der Waals surface area contributed by atoms with Gasteiger partial charge in [-0.25, -0.2) is 0 Å². The van der Waals surface area contributed by atoms with E-state index in [0.29, 0.717) is 0 Å². The van der Waals surface area contributed by atoms with Crippen molar-refractivity contribution < 1.29 is 19.2 Å². The third kappa shape index (κ3) is 1.34. The van der Waals surface area contributed by atoms with Crippen LogP contribution in [-0.4, -0.2) is 15.9 Å². The Kier molecular flexibility index (Phi) is 2.01. The number of carbonyl (C=O) groups excluding carboxylic acids is 1. The molecule has 2 rings (SSSR count). The Morgan fingerprint density at radius 1 is 1.50 bits per heavy atom. The summed E-state index contributed by atoms with van der Waals surface area (Å²) in [6, 6.07) is 3.55. The molecule has 0 saturated carbocycles. The molecule has 7 heteroatoms. The lowest BCUT2D eigenvalue weighted by Gasteiger charge is -1.95. The molecule has 0 fully saturated rings. The van der Waals surface area contributed by atoms with Crippen LogP contribution in [0.2, 0.25) is 0 Å². The summed E-state index contributed by atoms with van der Waals surface area (Å²) in [4.78, 5) is 20.6. The Hall–Kier alpha value is -2.57. The number of amides is 1. The molecule has 0 radical (unpaired) electrons. The second-order valence-electron chi connectivity index (χ2n) is 3.08. The van der Waals surface area contributed by atoms with E-state index in [4.69, 9.17) is 10.2 Å². The number of hydrogen-bond acceptors (Lipinski definition) is 5. The summed E-state index contributed by atoms with van der Waals surface area (Å²) in [5, 5.41) is 20.2. The largest absolute Gasteiger partial charge is 0.502 e. The number of rotatable bonds is 2. The van der Waals surface area contributed by atoms with E-state index in [9.17, 15) is 20.0 Å². The van der Waals surface area contributed by atoms with E-state index in [1.807, 2.05) is 0 Å². The maximum atomic E-state index is 10.8. The molecule has 1 heterocycles. The molecule has 7 nitrogen and oxygen atoms in total. The molecule has 1 aromatic carbocycles. The van der Waals surface area contributed by atoms with Crippen molar-refractivity contribution >= 4 is 22.6 Å². The molecule has 0 saturated heterocycles. The average molecular weight is 222 g/mol. The van der Waals surface area contributed by atoms with Gasteiger partial charge in [-0.3, -0.25) is 14.9 Å². The first-order chi connectivity index (χ1) is 7.50. The predicted octanol–water partition coefficient (Wildman–Crippen LogP) is 1.15. The SMILES string of the molecule is NC(=O)c1cc2c(O)c([N+](=O)[O-])ccc2o1. The summed E-state index contributed by atoms with van der Waals surface area (Å²) in [7, 11) is 0. The third-order valence-electron chi connectivity index (χ3n) is 2.09. The number of benzene rings is 1. The van der Waals surface area contributed by atoms with Gasteiger partial charge in [-0.2, -0.15) is 0 Å². The van der Waals surface area contributed by atoms with E-state index >= 15 is 0 Å². The molecular weight excluding hydrogens is 216 g/mol. The van der Waals surface area contributed by atoms with Gasteiger partial charge in [-0.15, -0.1) is 0 Å². The van der Waals surface area contributed by atoms with Crippen molar-refractivity contribution in [1.29, 1.82) is 0 Å². The summed E-state index contributed by atoms with van der Waals surface area (Å²) >= 11 is 0. The second-order valence-corrected chi connectivity index (χ2v) is 3.08. The number of nitro benzene ring substituents is 1. The first-order valence-corrected chi connectivity index (χ1v) is 4.20. The fourth-order valence-electron chi connectivity index (χ4n) is 1.35. The number of primary amides is 1. The standard InChI is InChI=1S/C9H6N2O5/c10-9(13)7-3-4-6(16-7)2-1-5(8(4)12)11(14)15/h1-3,12H,(H2,10,13). The van der Waals surface area contributed by atoms with E-state index in [1.54, 1.807) is 0 Å². The third-order valence-corrected chi connectivity index (χ3v) is 2.09. The van der Waals surface area contributed by atoms with E-state index in [2.05, 4.69) is 0 Å². The van der Waals surface area contributed by atoms with E-state index in [0.717, 1.165) is 6.07 Å². The van der Waals surface area contributed by atoms with Crippen LogP contribution in [0.4, 0.5) is 5.69 Å². The van der Waals surface area contributed by atoms with Crippen LogP contribution in [0.25, 0.3) is 11.0 Å². The molecule has 0 spiro atoms. The highest BCUT2D eigenvalue weighted by Gasteiger charge is 2.19. The highest BCUT2D eigenvalue weighted by molar-refractivity contribution is 5.97. The van der Waals surface area contributed by atoms with E-state index < -0.39 is 22.3 Å². The topological polar surface area (TPSA) is 120 Å². The van der Waals surface area contributed by atoms with Crippen molar-refractivity contribution in [2.45, 2.75) is 0 Å². The zero-order chi connectivity index (χ0) is 11.9. The molecule has 0 aliphatic rings. The number of nitrogens with zero attached hydrogens (tertiary/aromatic N) is 1. The Labute approximate surface area is 88.2 Å². The highest BCUT2D eigenvalue weighted by atomic mass is 16.6. The number of nitro groups is 1. The van der Waals surface area contributed by atoms with Gasteiger partial charge in [0.15, 0.2) is 5.76 Å². The lowest BCUT2D eigenvalue weighted by molar-refractivity contribution is -0.385. The van der Waals surface area contributed by atoms with Gasteiger partial charge in [-0.05, 0) is 6.07 Å². The van der Waals surface area contributed by atoms with Gasteiger partial charge in [0.25, 0.3) is 5.91 Å². The normalized spacial score (nSPS) is 10.5. The highest BCUT2D eigenvalue weighted by Crippen LogP contribution is 2.35. The summed E-state index contributed by atoms with van der Waals surface area (Å²) in [5.41, 5.74) is 4.69. The van der Waals surface area contributed by atoms with Crippen LogP contribution < -0.4 is 5.73 Å². The van der Waals surface area contributed by atoms with Crippen molar-refractivity contribution in [1.82, 2.24) is 0 Å². The van der Waals surface area contributed by atoms with Gasteiger partial charge in [0, 0.05) is 12.1 Å². The van der Waals surface area contributed by atoms with Gasteiger partial charge in [0.1, 0.15) is 5.58 Å². The molecule has 0 atom stereocenters. The first-order valence-electron chi connectivity index (χ1n) is 4.20. The van der Waals surface area contributed by atoms with Crippen molar-refractivity contribution in [3.8, 4) is 5.75 Å². The van der Waals surface area contributed by atoms with Crippen LogP contribution in [0.1, 0.15) is 10.6 Å². The van der Waals surface area contributed by atoms with E-state index in [-0.39, 0.29) is 16.7 Å². The lowest BCUT2D eigenvalue weighted by atomic mass is 10.2. The molecule has 82 valence electrons. The Bertz CT molecular complexity index is 601. The zero-order valence-corrected chi connectivity index (χ0v) is 7.84. The van der Waals surface area contributed by atoms with Gasteiger partial charge in [0.2, 0.25) is 5.75 Å². The molecule has 16 heavy (non-hydrogen) atoms. The van der Waals surface area contributed by atoms with Crippen molar-refractivity contribution in [2.24, 2.45) is 5.73 Å². The van der Waals surface area contributed by atoms with Crippen LogP contribution in [0, 0.1) is 10.1 Å². The molecule has 1 amide bonds. The minimum Gasteiger partial charge on any atom is -0.502 e. The lowest BCUT2D eigenvalue weighted by Crippen LogP contribution is -2.08. The summed E-state index contributed by atoms with van der Waals surface area (Å²) in [6.45, 7) is 0. The predicted molar refractivity (Wildman–Crippen MR) is 53.1 cm³/mol. The van der Waals surface area contributed by atoms with Crippen molar-refractivity contribution in [3.63, 3.8) is 0 Å². The Morgan fingerprint density at radius 2 is 2.19 bits per heavy atom. The number of aromatic hydroxyl groups is 1. The van der Waals surface area contributed by atoms with Crippen LogP contribution in [0.15, 0.2) is 22.6 Å². The quantitative estimate of drug-likeness (QED) is 0.583. The van der Waals surface area contributed by atoms with Crippen LogP contribution in [-0.2, 0) is 0 Å². The molecule has 2 aromatic rings. The first kappa shape index (κ1) is 9.97. The number of phenolic OH excluding ortho intramolecular Hbond substituents is 1. The van der Waals surface area contributed by atoms with Crippen molar-refractivity contribution in [2.75, 3.05) is 0 Å². The number of nitrogens with two attached hydrogens (primary N) is 1. The average Bonchev–Trinajstić information content (AvgIpc) is 2.62. The number of hydrogen-bond donors (Lipinski definition) is 2. The van der Waals surface area contributed by atoms with Crippen LogP contribution in [0.3, 0.4) is 0 Å². The van der Waals surface area contributed by atoms with Crippen molar-refractivity contribution in [3.05, 3.63) is 34.1 Å². The monoisotopic (exact) mass is 222 g/mol. The van der Waals surface area contributed by atoms with Gasteiger partial charge >= 0.3 is 5.69 Å². The van der Waals surface area contributed by atoms with Gasteiger partial charge < -0.3 is 15.3 Å². The van der Waals surface area contributed by atoms with Gasteiger partial charge in [0.05, 0.1) is 10.3 Å². The summed E-state index contributed by atoms with van der Waals surface area (Å²) < 4.78 is 4.99. The second kappa shape index (κ2) is 3.23. The fraction of sp³-hybridized carbons (Fsp3) is 0. The smallest absolute Gasteiger partial charge is 0.311 e. The van der Waals surface area contributed by atoms with Gasteiger partial charge in [-0.1, -0.05) is 0 Å². The minimum atomic E-state index is -0.807. The fourth-order valence-corrected chi connectivity index (χ4v) is 1.35. The molecule has 0 bridgehead atoms. The molecule has 0 aliphatic carbocycles. The Balaban J connectivity index is 2.74. The number of fused-ring (bicyclic) bond motifs is 1. The minimum absolute atomic E-state index is 0.0861. The summed E-state index contributed by atoms with van der Waals surface area (Å²) in [6.07, 6.45) is 0. The van der Waals surface area contributed by atoms with E-state index in [1.165, 1.54) is 12.1 Å². The zero-order valence-electron chi connectivity index (χ0n) is 7.84. The maximum Gasteiger partial charge on any atom is 0.311 e. The number of carbonyl (C=O) groups is 1. The molecule has 1 aromatic heterocycles. The molecule has 0 aliphatic heterocycles.